The van der Waals surface area contributed by atoms with E-state index < -0.39 is 29.5 Å². The number of amides is 3. The van der Waals surface area contributed by atoms with Crippen molar-refractivity contribution in [2.24, 2.45) is 23.2 Å². The third-order valence-corrected chi connectivity index (χ3v) is 7.24. The molecule has 1 aromatic rings. The fourth-order valence-corrected chi connectivity index (χ4v) is 6.44. The Morgan fingerprint density at radius 3 is 2.16 bits per heavy atom. The molecular formula is C23H29F2N3O3. The summed E-state index contributed by atoms with van der Waals surface area (Å²) in [5.41, 5.74) is 0.192. The molecule has 4 aliphatic carbocycles. The molecule has 0 spiro atoms. The predicted molar refractivity (Wildman–Crippen MR) is 110 cm³/mol. The van der Waals surface area contributed by atoms with Gasteiger partial charge in [0.15, 0.2) is 11.6 Å². The molecule has 8 heteroatoms. The molecular weight excluding hydrogens is 404 g/mol. The van der Waals surface area contributed by atoms with Crippen molar-refractivity contribution in [1.29, 1.82) is 0 Å². The minimum absolute atomic E-state index is 0.0750. The Labute approximate surface area is 180 Å². The van der Waals surface area contributed by atoms with E-state index in [1.54, 1.807) is 0 Å². The van der Waals surface area contributed by atoms with Crippen LogP contribution in [0.3, 0.4) is 0 Å². The Bertz CT molecular complexity index is 854. The first-order valence-electron chi connectivity index (χ1n) is 11.0. The van der Waals surface area contributed by atoms with E-state index in [-0.39, 0.29) is 23.4 Å². The third kappa shape index (κ3) is 4.72. The zero-order valence-corrected chi connectivity index (χ0v) is 17.7. The highest BCUT2D eigenvalue weighted by atomic mass is 19.2. The van der Waals surface area contributed by atoms with Gasteiger partial charge in [0.05, 0.1) is 6.54 Å². The van der Waals surface area contributed by atoms with E-state index in [0.717, 1.165) is 49.1 Å². The van der Waals surface area contributed by atoms with Crippen LogP contribution in [0.1, 0.15) is 56.6 Å². The quantitative estimate of drug-likeness (QED) is 0.618. The van der Waals surface area contributed by atoms with Crippen LogP contribution in [0.15, 0.2) is 18.2 Å². The van der Waals surface area contributed by atoms with Gasteiger partial charge in [-0.05, 0) is 79.4 Å². The summed E-state index contributed by atoms with van der Waals surface area (Å²) < 4.78 is 26.8. The summed E-state index contributed by atoms with van der Waals surface area (Å²) in [5, 5.41) is 7.56. The van der Waals surface area contributed by atoms with Crippen molar-refractivity contribution in [1.82, 2.24) is 16.0 Å². The lowest BCUT2D eigenvalue weighted by Crippen LogP contribution is -2.49. The van der Waals surface area contributed by atoms with Crippen molar-refractivity contribution in [3.63, 3.8) is 0 Å². The molecule has 6 nitrogen and oxygen atoms in total. The number of rotatable bonds is 7. The van der Waals surface area contributed by atoms with Crippen molar-refractivity contribution < 1.29 is 23.2 Å². The summed E-state index contributed by atoms with van der Waals surface area (Å²) in [5.74, 6) is -1.21. The molecule has 0 saturated heterocycles. The summed E-state index contributed by atoms with van der Waals surface area (Å²) >= 11 is 0. The second kappa shape index (κ2) is 8.55. The molecule has 0 aromatic heterocycles. The first-order chi connectivity index (χ1) is 14.8. The topological polar surface area (TPSA) is 87.3 Å². The number of benzene rings is 1. The maximum atomic E-state index is 13.6. The van der Waals surface area contributed by atoms with E-state index >= 15 is 0 Å². The summed E-state index contributed by atoms with van der Waals surface area (Å²) in [6, 6.07) is 1.83. The van der Waals surface area contributed by atoms with Crippen LogP contribution >= 0.6 is 0 Å². The Kier molecular flexibility index (Phi) is 5.99. The van der Waals surface area contributed by atoms with Crippen molar-refractivity contribution in [3.8, 4) is 0 Å². The van der Waals surface area contributed by atoms with E-state index in [2.05, 4.69) is 16.0 Å². The maximum absolute atomic E-state index is 13.6. The zero-order valence-electron chi connectivity index (χ0n) is 17.7. The summed E-state index contributed by atoms with van der Waals surface area (Å²) in [4.78, 5) is 37.2. The smallest absolute Gasteiger partial charge is 0.246 e. The molecule has 1 aromatic carbocycles. The van der Waals surface area contributed by atoms with Gasteiger partial charge < -0.3 is 16.0 Å². The number of hydrogen-bond acceptors (Lipinski definition) is 3. The minimum atomic E-state index is -1.19. The Hall–Kier alpha value is -2.51. The van der Waals surface area contributed by atoms with Gasteiger partial charge in [0.25, 0.3) is 0 Å². The van der Waals surface area contributed by atoms with Crippen LogP contribution < -0.4 is 16.0 Å². The van der Waals surface area contributed by atoms with Crippen molar-refractivity contribution in [2.75, 3.05) is 13.6 Å². The van der Waals surface area contributed by atoms with Crippen LogP contribution in [0.5, 0.6) is 0 Å². The van der Waals surface area contributed by atoms with E-state index in [1.807, 2.05) is 0 Å². The van der Waals surface area contributed by atoms with E-state index in [0.29, 0.717) is 6.42 Å². The Morgan fingerprint density at radius 2 is 1.61 bits per heavy atom. The highest BCUT2D eigenvalue weighted by molar-refractivity contribution is 5.90. The van der Waals surface area contributed by atoms with Crippen molar-refractivity contribution >= 4 is 17.7 Å². The van der Waals surface area contributed by atoms with Gasteiger partial charge >= 0.3 is 0 Å². The van der Waals surface area contributed by atoms with Crippen LogP contribution in [-0.2, 0) is 14.4 Å². The van der Waals surface area contributed by atoms with Gasteiger partial charge in [0, 0.05) is 13.5 Å². The molecule has 5 rings (SSSR count). The van der Waals surface area contributed by atoms with Crippen LogP contribution in [0.2, 0.25) is 0 Å². The summed E-state index contributed by atoms with van der Waals surface area (Å²) in [7, 11) is 1.38. The highest BCUT2D eigenvalue weighted by Gasteiger charge is 2.51. The fraction of sp³-hybridized carbons (Fsp3) is 0.609. The lowest BCUT2D eigenvalue weighted by molar-refractivity contribution is -0.132. The monoisotopic (exact) mass is 433 g/mol. The predicted octanol–water partition coefficient (Wildman–Crippen LogP) is 2.59. The van der Waals surface area contributed by atoms with E-state index in [9.17, 15) is 23.2 Å². The first-order valence-corrected chi connectivity index (χ1v) is 11.0. The zero-order chi connectivity index (χ0) is 22.2. The average molecular weight is 433 g/mol. The number of nitrogens with one attached hydrogen (secondary N) is 3. The van der Waals surface area contributed by atoms with Crippen molar-refractivity contribution in [3.05, 3.63) is 35.4 Å². The molecule has 168 valence electrons. The average Bonchev–Trinajstić information content (AvgIpc) is 2.70. The molecule has 4 aliphatic rings. The van der Waals surface area contributed by atoms with Gasteiger partial charge in [-0.3, -0.25) is 14.4 Å². The van der Waals surface area contributed by atoms with Gasteiger partial charge in [-0.2, -0.15) is 0 Å². The number of carbonyl (C=O) groups is 3. The van der Waals surface area contributed by atoms with Gasteiger partial charge in [-0.15, -0.1) is 0 Å². The van der Waals surface area contributed by atoms with Crippen LogP contribution in [-0.4, -0.2) is 31.3 Å². The van der Waals surface area contributed by atoms with Gasteiger partial charge in [0.2, 0.25) is 17.7 Å². The molecule has 31 heavy (non-hydrogen) atoms. The molecule has 0 heterocycles. The van der Waals surface area contributed by atoms with Crippen LogP contribution in [0, 0.1) is 34.8 Å². The second-order valence-corrected chi connectivity index (χ2v) is 9.66. The molecule has 0 aliphatic heterocycles. The fourth-order valence-electron chi connectivity index (χ4n) is 6.44. The van der Waals surface area contributed by atoms with E-state index in [4.69, 9.17) is 0 Å². The minimum Gasteiger partial charge on any atom is -0.357 e. The number of hydrogen-bond donors (Lipinski definition) is 3. The molecule has 3 N–H and O–H groups in total. The molecule has 0 radical (unpaired) electrons. The van der Waals surface area contributed by atoms with Gasteiger partial charge in [-0.25, -0.2) is 8.78 Å². The first kappa shape index (κ1) is 21.7. The number of halogens is 2. The largest absolute Gasteiger partial charge is 0.357 e. The summed E-state index contributed by atoms with van der Waals surface area (Å²) in [6.07, 6.45) is 7.65. The standard InChI is InChI=1S/C23H29F2N3O3/c1-26-22(31)21(16-2-3-17(24)18(25)7-16)28-20(30)12-27-19(29)11-23-8-13-4-14(9-23)6-15(5-13)10-23/h2-3,7,13-15,21H,4-6,8-12H2,1H3,(H,26,31)(H,27,29)(H,28,30). The van der Waals surface area contributed by atoms with Gasteiger partial charge in [-0.1, -0.05) is 6.07 Å². The maximum Gasteiger partial charge on any atom is 0.246 e. The molecule has 4 fully saturated rings. The Morgan fingerprint density at radius 1 is 1.00 bits per heavy atom. The molecule has 1 atom stereocenters. The molecule has 4 saturated carbocycles. The second-order valence-electron chi connectivity index (χ2n) is 9.66. The summed E-state index contributed by atoms with van der Waals surface area (Å²) in [6.45, 7) is -0.275. The normalized spacial score (nSPS) is 29.3. The van der Waals surface area contributed by atoms with Crippen molar-refractivity contribution in [2.45, 2.75) is 51.0 Å². The third-order valence-electron chi connectivity index (χ3n) is 7.24. The lowest BCUT2D eigenvalue weighted by atomic mass is 9.49. The Balaban J connectivity index is 1.32. The number of likely N-dealkylation sites (N-methyl/N-ethyl adjacent to an activating group) is 1. The molecule has 1 unspecified atom stereocenters. The number of carbonyl (C=O) groups excluding carboxylic acids is 3. The molecule has 4 bridgehead atoms. The SMILES string of the molecule is CNC(=O)C(NC(=O)CNC(=O)CC12CC3CC(CC(C3)C1)C2)c1ccc(F)c(F)c1. The highest BCUT2D eigenvalue weighted by Crippen LogP contribution is 2.61. The molecule has 3 amide bonds. The van der Waals surface area contributed by atoms with Crippen LogP contribution in [0.4, 0.5) is 8.78 Å². The lowest BCUT2D eigenvalue weighted by Gasteiger charge is -2.56. The van der Waals surface area contributed by atoms with E-state index in [1.165, 1.54) is 32.4 Å². The van der Waals surface area contributed by atoms with Gasteiger partial charge in [0.1, 0.15) is 6.04 Å². The van der Waals surface area contributed by atoms with Crippen LogP contribution in [0.25, 0.3) is 0 Å².